The van der Waals surface area contributed by atoms with Crippen molar-refractivity contribution in [1.82, 2.24) is 9.97 Å². The quantitative estimate of drug-likeness (QED) is 0.737. The Bertz CT molecular complexity index is 868. The number of hydrogen-bond donors (Lipinski definition) is 0. The highest BCUT2D eigenvalue weighted by Crippen LogP contribution is 2.41. The zero-order valence-electron chi connectivity index (χ0n) is 12.9. The van der Waals surface area contributed by atoms with Gasteiger partial charge >= 0.3 is 6.18 Å². The van der Waals surface area contributed by atoms with Crippen molar-refractivity contribution in [2.75, 3.05) is 0 Å². The van der Waals surface area contributed by atoms with E-state index in [1.165, 1.54) is 6.07 Å². The summed E-state index contributed by atoms with van der Waals surface area (Å²) in [4.78, 5) is 9.06. The molecular weight excluding hydrogens is 320 g/mol. The molecular formula is C18H14F4N2. The SMILES string of the molecule is Cc1nc(C2=CC2)nc2c1CCC2c1ccc(C(F)(F)F)cc1F. The minimum atomic E-state index is -4.54. The van der Waals surface area contributed by atoms with Crippen molar-refractivity contribution >= 4 is 5.57 Å². The van der Waals surface area contributed by atoms with Crippen LogP contribution in [0.25, 0.3) is 5.57 Å². The van der Waals surface area contributed by atoms with Gasteiger partial charge in [0.25, 0.3) is 0 Å². The van der Waals surface area contributed by atoms with Crippen LogP contribution < -0.4 is 0 Å². The first-order valence-electron chi connectivity index (χ1n) is 7.78. The maximum absolute atomic E-state index is 14.3. The highest BCUT2D eigenvalue weighted by Gasteiger charge is 2.34. The molecule has 124 valence electrons. The molecule has 4 rings (SSSR count). The summed E-state index contributed by atoms with van der Waals surface area (Å²) in [7, 11) is 0. The third-order valence-electron chi connectivity index (χ3n) is 4.66. The molecule has 0 bridgehead atoms. The van der Waals surface area contributed by atoms with Gasteiger partial charge in [-0.3, -0.25) is 0 Å². The molecule has 0 fully saturated rings. The molecule has 0 N–H and O–H groups in total. The molecule has 0 spiro atoms. The van der Waals surface area contributed by atoms with Crippen LogP contribution in [0.3, 0.4) is 0 Å². The van der Waals surface area contributed by atoms with Crippen LogP contribution in [0.1, 0.15) is 52.7 Å². The van der Waals surface area contributed by atoms with Crippen molar-refractivity contribution in [3.8, 4) is 0 Å². The van der Waals surface area contributed by atoms with Gasteiger partial charge in [0, 0.05) is 11.6 Å². The van der Waals surface area contributed by atoms with Gasteiger partial charge in [-0.1, -0.05) is 12.1 Å². The average molecular weight is 334 g/mol. The van der Waals surface area contributed by atoms with Crippen molar-refractivity contribution in [3.05, 3.63) is 64.0 Å². The van der Waals surface area contributed by atoms with Crippen molar-refractivity contribution < 1.29 is 17.6 Å². The van der Waals surface area contributed by atoms with Crippen LogP contribution in [0.5, 0.6) is 0 Å². The summed E-state index contributed by atoms with van der Waals surface area (Å²) in [6, 6.07) is 2.76. The van der Waals surface area contributed by atoms with Gasteiger partial charge < -0.3 is 0 Å². The van der Waals surface area contributed by atoms with E-state index in [-0.39, 0.29) is 11.5 Å². The molecule has 1 unspecified atom stereocenters. The number of halogens is 4. The minimum absolute atomic E-state index is 0.274. The van der Waals surface area contributed by atoms with Crippen LogP contribution in [-0.4, -0.2) is 9.97 Å². The van der Waals surface area contributed by atoms with Gasteiger partial charge in [0.15, 0.2) is 5.82 Å². The van der Waals surface area contributed by atoms with E-state index < -0.39 is 17.6 Å². The molecule has 1 aromatic heterocycles. The normalized spacial score (nSPS) is 19.2. The van der Waals surface area contributed by atoms with Gasteiger partial charge in [-0.2, -0.15) is 13.2 Å². The Balaban J connectivity index is 1.77. The van der Waals surface area contributed by atoms with E-state index in [9.17, 15) is 17.6 Å². The molecule has 2 aliphatic carbocycles. The van der Waals surface area contributed by atoms with Gasteiger partial charge in [-0.15, -0.1) is 0 Å². The third kappa shape index (κ3) is 2.50. The van der Waals surface area contributed by atoms with Crippen molar-refractivity contribution in [3.63, 3.8) is 0 Å². The topological polar surface area (TPSA) is 25.8 Å². The molecule has 1 aromatic carbocycles. The van der Waals surface area contributed by atoms with Crippen LogP contribution in [0.2, 0.25) is 0 Å². The van der Waals surface area contributed by atoms with Gasteiger partial charge in [0.1, 0.15) is 5.82 Å². The summed E-state index contributed by atoms with van der Waals surface area (Å²) in [5.74, 6) is -0.487. The van der Waals surface area contributed by atoms with Crippen LogP contribution in [0.15, 0.2) is 24.3 Å². The lowest BCUT2D eigenvalue weighted by molar-refractivity contribution is -0.137. The Morgan fingerprint density at radius 2 is 1.92 bits per heavy atom. The van der Waals surface area contributed by atoms with Gasteiger partial charge in [0.05, 0.1) is 11.3 Å². The first kappa shape index (κ1) is 15.3. The molecule has 0 radical (unpaired) electrons. The second kappa shape index (κ2) is 5.13. The Kier molecular flexibility index (Phi) is 3.27. The first-order valence-corrected chi connectivity index (χ1v) is 7.78. The third-order valence-corrected chi connectivity index (χ3v) is 4.66. The first-order chi connectivity index (χ1) is 11.3. The largest absolute Gasteiger partial charge is 0.416 e. The highest BCUT2D eigenvalue weighted by atomic mass is 19.4. The van der Waals surface area contributed by atoms with E-state index >= 15 is 0 Å². The molecule has 0 amide bonds. The number of allylic oxidation sites excluding steroid dienone is 2. The second-order valence-corrected chi connectivity index (χ2v) is 6.26. The molecule has 6 heteroatoms. The summed E-state index contributed by atoms with van der Waals surface area (Å²) in [5.41, 5.74) is 2.99. The lowest BCUT2D eigenvalue weighted by Crippen LogP contribution is -2.09. The molecule has 1 heterocycles. The molecule has 2 nitrogen and oxygen atoms in total. The number of alkyl halides is 3. The van der Waals surface area contributed by atoms with Crippen LogP contribution in [0.4, 0.5) is 17.6 Å². The molecule has 0 saturated heterocycles. The number of aromatic nitrogens is 2. The fraction of sp³-hybridized carbons (Fsp3) is 0.333. The molecule has 0 saturated carbocycles. The predicted octanol–water partition coefficient (Wildman–Crippen LogP) is 4.81. The van der Waals surface area contributed by atoms with E-state index in [1.54, 1.807) is 0 Å². The number of aryl methyl sites for hydroxylation is 1. The summed E-state index contributed by atoms with van der Waals surface area (Å²) in [6.45, 7) is 1.90. The zero-order chi connectivity index (χ0) is 17.1. The minimum Gasteiger partial charge on any atom is -0.233 e. The highest BCUT2D eigenvalue weighted by molar-refractivity contribution is 5.73. The monoisotopic (exact) mass is 334 g/mol. The number of benzene rings is 1. The van der Waals surface area contributed by atoms with Crippen LogP contribution in [0, 0.1) is 12.7 Å². The number of rotatable bonds is 2. The van der Waals surface area contributed by atoms with E-state index in [4.69, 9.17) is 0 Å². The Labute approximate surface area is 136 Å². The Morgan fingerprint density at radius 1 is 1.17 bits per heavy atom. The fourth-order valence-corrected chi connectivity index (χ4v) is 3.31. The molecule has 2 aliphatic rings. The van der Waals surface area contributed by atoms with Gasteiger partial charge in [0.2, 0.25) is 0 Å². The maximum atomic E-state index is 14.3. The lowest BCUT2D eigenvalue weighted by Gasteiger charge is -2.15. The standard InChI is InChI=1S/C18H14F4N2/c1-9-12-6-7-14(16(12)24-17(23-9)10-2-3-10)13-5-4-11(8-15(13)19)18(20,21)22/h2,4-5,8,14H,3,6-7H2,1H3. The summed E-state index contributed by atoms with van der Waals surface area (Å²) < 4.78 is 52.5. The fourth-order valence-electron chi connectivity index (χ4n) is 3.31. The number of hydrogen-bond acceptors (Lipinski definition) is 2. The maximum Gasteiger partial charge on any atom is 0.416 e. The second-order valence-electron chi connectivity index (χ2n) is 6.26. The molecule has 24 heavy (non-hydrogen) atoms. The number of fused-ring (bicyclic) bond motifs is 1. The summed E-state index contributed by atoms with van der Waals surface area (Å²) >= 11 is 0. The lowest BCUT2D eigenvalue weighted by atomic mass is 9.94. The van der Waals surface area contributed by atoms with Crippen molar-refractivity contribution in [1.29, 1.82) is 0 Å². The van der Waals surface area contributed by atoms with Crippen LogP contribution >= 0.6 is 0 Å². The Hall–Kier alpha value is -2.24. The molecule has 2 aromatic rings. The molecule has 0 aliphatic heterocycles. The van der Waals surface area contributed by atoms with Gasteiger partial charge in [-0.25, -0.2) is 14.4 Å². The molecule has 1 atom stereocenters. The van der Waals surface area contributed by atoms with E-state index in [0.717, 1.165) is 35.0 Å². The van der Waals surface area contributed by atoms with Crippen LogP contribution in [-0.2, 0) is 12.6 Å². The van der Waals surface area contributed by atoms with Gasteiger partial charge in [-0.05, 0) is 55.0 Å². The number of nitrogens with zero attached hydrogens (tertiary/aromatic N) is 2. The summed E-state index contributed by atoms with van der Waals surface area (Å²) in [6.07, 6.45) is -0.319. The summed E-state index contributed by atoms with van der Waals surface area (Å²) in [5, 5.41) is 0. The van der Waals surface area contributed by atoms with E-state index in [0.29, 0.717) is 24.7 Å². The predicted molar refractivity (Wildman–Crippen MR) is 80.9 cm³/mol. The zero-order valence-corrected chi connectivity index (χ0v) is 12.9. The van der Waals surface area contributed by atoms with E-state index in [1.807, 2.05) is 13.0 Å². The van der Waals surface area contributed by atoms with Crippen molar-refractivity contribution in [2.45, 2.75) is 38.3 Å². The van der Waals surface area contributed by atoms with E-state index in [2.05, 4.69) is 9.97 Å². The average Bonchev–Trinajstić information content (AvgIpc) is 3.27. The van der Waals surface area contributed by atoms with Crippen molar-refractivity contribution in [2.24, 2.45) is 0 Å². The smallest absolute Gasteiger partial charge is 0.233 e. The Morgan fingerprint density at radius 3 is 2.54 bits per heavy atom.